The van der Waals surface area contributed by atoms with E-state index in [1.165, 1.54) is 12.1 Å². The molecule has 138 valence electrons. The lowest BCUT2D eigenvalue weighted by atomic mass is 10.1. The van der Waals surface area contributed by atoms with Crippen LogP contribution in [0.25, 0.3) is 23.2 Å². The molecule has 0 saturated carbocycles. The van der Waals surface area contributed by atoms with Crippen LogP contribution in [0.3, 0.4) is 0 Å². The van der Waals surface area contributed by atoms with Gasteiger partial charge in [-0.3, -0.25) is 0 Å². The van der Waals surface area contributed by atoms with Gasteiger partial charge in [0.2, 0.25) is 0 Å². The summed E-state index contributed by atoms with van der Waals surface area (Å²) in [5.74, 6) is -0.398. The van der Waals surface area contributed by atoms with E-state index in [4.69, 9.17) is 20.8 Å². The first-order chi connectivity index (χ1) is 13.5. The second-order valence-electron chi connectivity index (χ2n) is 6.07. The van der Waals surface area contributed by atoms with Crippen molar-refractivity contribution in [3.8, 4) is 11.3 Å². The van der Waals surface area contributed by atoms with Crippen LogP contribution in [0.1, 0.15) is 21.7 Å². The minimum Gasteiger partial charge on any atom is -0.545 e. The summed E-state index contributed by atoms with van der Waals surface area (Å²) in [6, 6.07) is 16.6. The first-order valence-corrected chi connectivity index (χ1v) is 8.70. The van der Waals surface area contributed by atoms with E-state index < -0.39 is 11.9 Å². The van der Waals surface area contributed by atoms with Crippen molar-refractivity contribution >= 4 is 35.4 Å². The monoisotopic (exact) mass is 391 g/mol. The maximum atomic E-state index is 12.1. The van der Waals surface area contributed by atoms with Gasteiger partial charge in [-0.25, -0.2) is 4.79 Å². The molecule has 0 unspecified atom stereocenters. The van der Waals surface area contributed by atoms with Crippen LogP contribution in [-0.2, 0) is 9.53 Å². The Kier molecular flexibility index (Phi) is 4.59. The Hall–Kier alpha value is -3.57. The Morgan fingerprint density at radius 3 is 2.54 bits per heavy atom. The van der Waals surface area contributed by atoms with Crippen molar-refractivity contribution in [3.63, 3.8) is 0 Å². The van der Waals surface area contributed by atoms with E-state index in [-0.39, 0.29) is 5.56 Å². The van der Waals surface area contributed by atoms with Gasteiger partial charge in [-0.05, 0) is 60.2 Å². The fourth-order valence-corrected chi connectivity index (χ4v) is 2.91. The van der Waals surface area contributed by atoms with Gasteiger partial charge in [-0.15, -0.1) is 0 Å². The lowest BCUT2D eigenvalue weighted by Crippen LogP contribution is -2.22. The molecule has 1 aromatic heterocycles. The highest BCUT2D eigenvalue weighted by Crippen LogP contribution is 2.30. The molecule has 0 N–H and O–H groups in total. The van der Waals surface area contributed by atoms with E-state index in [1.54, 1.807) is 60.7 Å². The summed E-state index contributed by atoms with van der Waals surface area (Å²) in [4.78, 5) is 23.1. The third-order valence-electron chi connectivity index (χ3n) is 4.16. The Labute approximate surface area is 165 Å². The molecule has 2 aromatic carbocycles. The second kappa shape index (κ2) is 7.21. The lowest BCUT2D eigenvalue weighted by molar-refractivity contribution is -0.255. The molecule has 5 nitrogen and oxygen atoms in total. The molecule has 1 aliphatic rings. The number of aromatic carboxylic acids is 1. The molecule has 0 bridgehead atoms. The molecule has 0 atom stereocenters. The van der Waals surface area contributed by atoms with Crippen LogP contribution in [0, 0.1) is 0 Å². The first kappa shape index (κ1) is 17.8. The van der Waals surface area contributed by atoms with E-state index >= 15 is 0 Å². The number of carbonyl (C=O) groups excluding carboxylic acids is 2. The molecule has 1 aliphatic heterocycles. The lowest BCUT2D eigenvalue weighted by Gasteiger charge is -2.03. The molecule has 2 heterocycles. The van der Waals surface area contributed by atoms with Gasteiger partial charge in [-0.1, -0.05) is 29.8 Å². The van der Waals surface area contributed by atoms with Crippen molar-refractivity contribution < 1.29 is 23.8 Å². The minimum atomic E-state index is -1.26. The number of carboxylic acids is 1. The minimum absolute atomic E-state index is 0.0590. The molecule has 6 heteroatoms. The average Bonchev–Trinajstić information content (AvgIpc) is 3.30. The number of benzene rings is 2. The Morgan fingerprint density at radius 1 is 1.00 bits per heavy atom. The van der Waals surface area contributed by atoms with Crippen molar-refractivity contribution in [3.05, 3.63) is 94.2 Å². The number of esters is 1. The zero-order valence-electron chi connectivity index (χ0n) is 14.3. The van der Waals surface area contributed by atoms with Gasteiger partial charge in [0.1, 0.15) is 17.3 Å². The Bertz CT molecular complexity index is 1140. The van der Waals surface area contributed by atoms with Crippen LogP contribution in [0.4, 0.5) is 0 Å². The Morgan fingerprint density at radius 2 is 1.79 bits per heavy atom. The number of carbonyl (C=O) groups is 2. The molecule has 3 aromatic rings. The number of hydrogen-bond donors (Lipinski definition) is 0. The SMILES string of the molecule is O=C1OC(c2ccc(Cl)cc2)=C/C1=C/c1ccc(-c2cccc(C(=O)[O-])c2)o1. The smallest absolute Gasteiger partial charge is 0.343 e. The topological polar surface area (TPSA) is 79.6 Å². The number of hydrogen-bond acceptors (Lipinski definition) is 5. The molecule has 4 rings (SSSR count). The second-order valence-corrected chi connectivity index (χ2v) is 6.51. The molecule has 0 fully saturated rings. The quantitative estimate of drug-likeness (QED) is 0.497. The van der Waals surface area contributed by atoms with Crippen molar-refractivity contribution in [2.24, 2.45) is 0 Å². The highest BCUT2D eigenvalue weighted by molar-refractivity contribution is 6.30. The van der Waals surface area contributed by atoms with E-state index in [1.807, 2.05) is 0 Å². The number of carboxylic acid groups (broad SMARTS) is 1. The fraction of sp³-hybridized carbons (Fsp3) is 0. The first-order valence-electron chi connectivity index (χ1n) is 8.33. The zero-order chi connectivity index (χ0) is 19.7. The third kappa shape index (κ3) is 3.61. The van der Waals surface area contributed by atoms with Gasteiger partial charge < -0.3 is 19.1 Å². The standard InChI is InChI=1S/C22H13ClO5/c23-17-6-4-13(5-7-17)20-12-16(22(26)28-20)11-18-8-9-19(27-18)14-2-1-3-15(10-14)21(24)25/h1-12H,(H,24,25)/p-1/b16-11-. The predicted molar refractivity (Wildman–Crippen MR) is 102 cm³/mol. The molecule has 0 amide bonds. The summed E-state index contributed by atoms with van der Waals surface area (Å²) in [5.41, 5.74) is 1.73. The van der Waals surface area contributed by atoms with Crippen molar-refractivity contribution in [1.29, 1.82) is 0 Å². The number of cyclic esters (lactones) is 1. The van der Waals surface area contributed by atoms with Gasteiger partial charge >= 0.3 is 5.97 Å². The molecule has 0 spiro atoms. The summed E-state index contributed by atoms with van der Waals surface area (Å²) < 4.78 is 11.0. The van der Waals surface area contributed by atoms with Crippen LogP contribution >= 0.6 is 11.6 Å². The highest BCUT2D eigenvalue weighted by atomic mass is 35.5. The van der Waals surface area contributed by atoms with E-state index in [9.17, 15) is 14.7 Å². The summed E-state index contributed by atoms with van der Waals surface area (Å²) in [6.45, 7) is 0. The van der Waals surface area contributed by atoms with Crippen LogP contribution in [0.5, 0.6) is 0 Å². The van der Waals surface area contributed by atoms with Gasteiger partial charge in [0.25, 0.3) is 0 Å². The summed E-state index contributed by atoms with van der Waals surface area (Å²) >= 11 is 5.88. The number of furan rings is 1. The molecular formula is C22H12ClO5-. The third-order valence-corrected chi connectivity index (χ3v) is 4.41. The number of halogens is 1. The maximum Gasteiger partial charge on any atom is 0.343 e. The van der Waals surface area contributed by atoms with Crippen LogP contribution in [0.2, 0.25) is 5.02 Å². The highest BCUT2D eigenvalue weighted by Gasteiger charge is 2.22. The van der Waals surface area contributed by atoms with Crippen LogP contribution < -0.4 is 5.11 Å². The van der Waals surface area contributed by atoms with Crippen molar-refractivity contribution in [1.82, 2.24) is 0 Å². The predicted octanol–water partition coefficient (Wildman–Crippen LogP) is 3.94. The van der Waals surface area contributed by atoms with Gasteiger partial charge in [0.05, 0.1) is 11.5 Å². The number of rotatable bonds is 4. The van der Waals surface area contributed by atoms with Crippen molar-refractivity contribution in [2.45, 2.75) is 0 Å². The average molecular weight is 392 g/mol. The molecule has 28 heavy (non-hydrogen) atoms. The normalized spacial score (nSPS) is 14.8. The summed E-state index contributed by atoms with van der Waals surface area (Å²) in [5, 5.41) is 11.6. The zero-order valence-corrected chi connectivity index (χ0v) is 15.1. The summed E-state index contributed by atoms with van der Waals surface area (Å²) in [6.07, 6.45) is 3.20. The van der Waals surface area contributed by atoms with Crippen molar-refractivity contribution in [2.75, 3.05) is 0 Å². The van der Waals surface area contributed by atoms with Gasteiger partial charge in [0.15, 0.2) is 0 Å². The molecule has 0 aliphatic carbocycles. The van der Waals surface area contributed by atoms with Crippen LogP contribution in [0.15, 0.2) is 76.7 Å². The van der Waals surface area contributed by atoms with E-state index in [0.717, 1.165) is 5.56 Å². The fourth-order valence-electron chi connectivity index (χ4n) is 2.78. The van der Waals surface area contributed by atoms with Gasteiger partial charge in [-0.2, -0.15) is 0 Å². The van der Waals surface area contributed by atoms with Crippen LogP contribution in [-0.4, -0.2) is 11.9 Å². The maximum absolute atomic E-state index is 12.1. The number of ether oxygens (including phenoxy) is 1. The van der Waals surface area contributed by atoms with E-state index in [2.05, 4.69) is 0 Å². The molecule has 0 radical (unpaired) electrons. The Balaban J connectivity index is 1.61. The van der Waals surface area contributed by atoms with Gasteiger partial charge in [0, 0.05) is 16.1 Å². The molecular weight excluding hydrogens is 380 g/mol. The largest absolute Gasteiger partial charge is 0.545 e. The summed E-state index contributed by atoms with van der Waals surface area (Å²) in [7, 11) is 0. The molecule has 0 saturated heterocycles. The van der Waals surface area contributed by atoms with E-state index in [0.29, 0.717) is 33.4 Å².